The molecular weight excluding hydrogens is 422 g/mol. The summed E-state index contributed by atoms with van der Waals surface area (Å²) in [4.78, 5) is 21.7. The highest BCUT2D eigenvalue weighted by Crippen LogP contribution is 2.40. The van der Waals surface area contributed by atoms with E-state index in [0.717, 1.165) is 49.8 Å². The first-order valence-corrected chi connectivity index (χ1v) is 11.7. The Kier molecular flexibility index (Phi) is 5.49. The Labute approximate surface area is 193 Å². The number of rotatable bonds is 4. The highest BCUT2D eigenvalue weighted by Gasteiger charge is 2.32. The number of hydrogen-bond acceptors (Lipinski definition) is 4. The molecule has 1 amide bonds. The molecule has 2 aliphatic rings. The van der Waals surface area contributed by atoms with Crippen molar-refractivity contribution in [2.45, 2.75) is 58.4 Å². The molecule has 1 saturated carbocycles. The highest BCUT2D eigenvalue weighted by molar-refractivity contribution is 6.33. The van der Waals surface area contributed by atoms with Gasteiger partial charge in [-0.15, -0.1) is 0 Å². The lowest BCUT2D eigenvalue weighted by atomic mass is 9.78. The zero-order valence-corrected chi connectivity index (χ0v) is 19.3. The second kappa shape index (κ2) is 8.32. The van der Waals surface area contributed by atoms with Crippen LogP contribution >= 0.6 is 11.6 Å². The van der Waals surface area contributed by atoms with E-state index in [-0.39, 0.29) is 17.2 Å². The molecule has 3 aromatic rings. The quantitative estimate of drug-likeness (QED) is 0.571. The molecule has 1 fully saturated rings. The van der Waals surface area contributed by atoms with Crippen LogP contribution in [0.2, 0.25) is 5.02 Å². The largest absolute Gasteiger partial charge is 0.310 e. The van der Waals surface area contributed by atoms with Crippen LogP contribution in [0.15, 0.2) is 43.0 Å². The Bertz CT molecular complexity index is 1140. The Morgan fingerprint density at radius 1 is 1.22 bits per heavy atom. The van der Waals surface area contributed by atoms with Gasteiger partial charge in [0.15, 0.2) is 0 Å². The number of carbonyl (C=O) groups excluding carboxylic acids is 1. The third-order valence-electron chi connectivity index (χ3n) is 6.77. The van der Waals surface area contributed by atoms with Crippen LogP contribution in [-0.2, 0) is 17.8 Å². The minimum Gasteiger partial charge on any atom is -0.310 e. The van der Waals surface area contributed by atoms with E-state index < -0.39 is 0 Å². The van der Waals surface area contributed by atoms with Crippen LogP contribution in [0, 0.1) is 11.3 Å². The predicted octanol–water partition coefficient (Wildman–Crippen LogP) is 5.49. The molecule has 6 nitrogen and oxygen atoms in total. The topological polar surface area (TPSA) is 72.7 Å². The average molecular weight is 450 g/mol. The van der Waals surface area contributed by atoms with Crippen molar-refractivity contribution in [1.29, 1.82) is 0 Å². The Morgan fingerprint density at radius 3 is 2.91 bits per heavy atom. The van der Waals surface area contributed by atoms with Crippen LogP contribution in [0.5, 0.6) is 0 Å². The molecule has 5 rings (SSSR count). The van der Waals surface area contributed by atoms with Crippen molar-refractivity contribution in [2.75, 3.05) is 5.32 Å². The first-order chi connectivity index (χ1) is 15.4. The summed E-state index contributed by atoms with van der Waals surface area (Å²) in [5.74, 6) is 0.909. The number of aromatic nitrogens is 4. The number of amides is 1. The van der Waals surface area contributed by atoms with Crippen LogP contribution in [0.25, 0.3) is 11.1 Å². The van der Waals surface area contributed by atoms with E-state index in [1.807, 2.05) is 24.5 Å². The predicted molar refractivity (Wildman–Crippen MR) is 126 cm³/mol. The van der Waals surface area contributed by atoms with Gasteiger partial charge in [-0.25, -0.2) is 4.98 Å². The minimum absolute atomic E-state index is 0.0285. The molecule has 1 aliphatic carbocycles. The van der Waals surface area contributed by atoms with Gasteiger partial charge in [-0.3, -0.25) is 14.5 Å². The van der Waals surface area contributed by atoms with E-state index in [4.69, 9.17) is 11.6 Å². The smallest absolute Gasteiger partial charge is 0.228 e. The molecule has 2 atom stereocenters. The van der Waals surface area contributed by atoms with Crippen molar-refractivity contribution in [3.63, 3.8) is 0 Å². The molecule has 0 unspecified atom stereocenters. The van der Waals surface area contributed by atoms with E-state index in [9.17, 15) is 4.79 Å². The molecule has 7 heteroatoms. The van der Waals surface area contributed by atoms with Crippen molar-refractivity contribution >= 4 is 23.3 Å². The summed E-state index contributed by atoms with van der Waals surface area (Å²) in [6.45, 7) is 5.39. The fourth-order valence-corrected chi connectivity index (χ4v) is 5.37. The Morgan fingerprint density at radius 2 is 2.09 bits per heavy atom. The van der Waals surface area contributed by atoms with Crippen LogP contribution in [-0.4, -0.2) is 25.7 Å². The van der Waals surface area contributed by atoms with Gasteiger partial charge in [0.2, 0.25) is 5.91 Å². The fraction of sp³-hybridized carbons (Fsp3) is 0.440. The minimum atomic E-state index is -0.0314. The molecule has 3 aromatic heterocycles. The summed E-state index contributed by atoms with van der Waals surface area (Å²) >= 11 is 6.51. The number of hydrogen-bond donors (Lipinski definition) is 1. The maximum Gasteiger partial charge on any atom is 0.228 e. The zero-order valence-electron chi connectivity index (χ0n) is 18.5. The Balaban J connectivity index is 1.33. The Hall–Kier alpha value is -2.73. The molecule has 4 heterocycles. The molecule has 0 aromatic carbocycles. The van der Waals surface area contributed by atoms with Gasteiger partial charge in [-0.2, -0.15) is 5.10 Å². The lowest BCUT2D eigenvalue weighted by Crippen LogP contribution is -2.27. The SMILES string of the molecule is CC1(C)Cc2c(-c3cc(NC(=O)[C@H]4CCC[C@H](c5cccnc5)C4)ncc3Cl)cnn2C1. The van der Waals surface area contributed by atoms with E-state index in [0.29, 0.717) is 16.8 Å². The molecule has 0 radical (unpaired) electrons. The van der Waals surface area contributed by atoms with Crippen molar-refractivity contribution in [3.8, 4) is 11.1 Å². The number of nitrogens with zero attached hydrogens (tertiary/aromatic N) is 4. The number of nitrogens with one attached hydrogen (secondary N) is 1. The van der Waals surface area contributed by atoms with Gasteiger partial charge in [0, 0.05) is 47.9 Å². The van der Waals surface area contributed by atoms with Crippen molar-refractivity contribution in [1.82, 2.24) is 19.7 Å². The van der Waals surface area contributed by atoms with E-state index >= 15 is 0 Å². The lowest BCUT2D eigenvalue weighted by Gasteiger charge is -2.28. The first kappa shape index (κ1) is 21.1. The number of pyridine rings is 2. The second-order valence-corrected chi connectivity index (χ2v) is 10.3. The summed E-state index contributed by atoms with van der Waals surface area (Å²) in [7, 11) is 0. The maximum atomic E-state index is 13.1. The van der Waals surface area contributed by atoms with Gasteiger partial charge in [0.1, 0.15) is 5.82 Å². The summed E-state index contributed by atoms with van der Waals surface area (Å²) < 4.78 is 2.06. The molecule has 1 aliphatic heterocycles. The zero-order chi connectivity index (χ0) is 22.3. The van der Waals surface area contributed by atoms with Crippen LogP contribution in [0.4, 0.5) is 5.82 Å². The van der Waals surface area contributed by atoms with Gasteiger partial charge in [-0.1, -0.05) is 37.9 Å². The van der Waals surface area contributed by atoms with Crippen molar-refractivity contribution in [3.05, 3.63) is 59.3 Å². The molecule has 0 saturated heterocycles. The van der Waals surface area contributed by atoms with Crippen LogP contribution in [0.1, 0.15) is 56.7 Å². The number of anilines is 1. The summed E-state index contributed by atoms with van der Waals surface area (Å²) in [5.41, 5.74) is 4.48. The second-order valence-electron chi connectivity index (χ2n) is 9.89. The first-order valence-electron chi connectivity index (χ1n) is 11.3. The van der Waals surface area contributed by atoms with E-state index in [2.05, 4.69) is 45.0 Å². The fourth-order valence-electron chi connectivity index (χ4n) is 5.16. The molecule has 1 N–H and O–H groups in total. The van der Waals surface area contributed by atoms with Crippen molar-refractivity contribution < 1.29 is 4.79 Å². The molecule has 32 heavy (non-hydrogen) atoms. The molecular formula is C25H28ClN5O. The standard InChI is InChI=1S/C25H28ClN5O/c1-25(2)11-22-20(13-29-31(22)15-25)19-10-23(28-14-21(19)26)30-24(32)17-6-3-5-16(9-17)18-7-4-8-27-12-18/h4,7-8,10,12-14,16-17H,3,5-6,9,11,15H2,1-2H3,(H,28,30,32)/t16-,17-/m0/s1. The molecule has 166 valence electrons. The normalized spacial score (nSPS) is 21.8. The molecule has 0 spiro atoms. The monoisotopic (exact) mass is 449 g/mol. The van der Waals surface area contributed by atoms with E-state index in [1.165, 1.54) is 11.3 Å². The van der Waals surface area contributed by atoms with Gasteiger partial charge in [-0.05, 0) is 54.7 Å². The van der Waals surface area contributed by atoms with Gasteiger partial charge >= 0.3 is 0 Å². The van der Waals surface area contributed by atoms with Gasteiger partial charge < -0.3 is 5.32 Å². The summed E-state index contributed by atoms with van der Waals surface area (Å²) in [5, 5.41) is 8.17. The van der Waals surface area contributed by atoms with E-state index in [1.54, 1.807) is 12.4 Å². The maximum absolute atomic E-state index is 13.1. The summed E-state index contributed by atoms with van der Waals surface area (Å²) in [6, 6.07) is 5.95. The third-order valence-corrected chi connectivity index (χ3v) is 7.07. The number of carbonyl (C=O) groups is 1. The number of halogens is 1. The van der Waals surface area contributed by atoms with Gasteiger partial charge in [0.05, 0.1) is 11.2 Å². The lowest BCUT2D eigenvalue weighted by molar-refractivity contribution is -0.120. The van der Waals surface area contributed by atoms with Gasteiger partial charge in [0.25, 0.3) is 0 Å². The summed E-state index contributed by atoms with van der Waals surface area (Å²) in [6.07, 6.45) is 12.0. The van der Waals surface area contributed by atoms with Crippen LogP contribution < -0.4 is 5.32 Å². The average Bonchev–Trinajstić information content (AvgIpc) is 3.30. The highest BCUT2D eigenvalue weighted by atomic mass is 35.5. The third kappa shape index (κ3) is 4.16. The van der Waals surface area contributed by atoms with Crippen molar-refractivity contribution in [2.24, 2.45) is 11.3 Å². The van der Waals surface area contributed by atoms with Crippen LogP contribution in [0.3, 0.4) is 0 Å². The number of fused-ring (bicyclic) bond motifs is 1. The molecule has 0 bridgehead atoms.